The van der Waals surface area contributed by atoms with E-state index in [2.05, 4.69) is 11.1 Å². The Kier molecular flexibility index (Phi) is 3.19. The summed E-state index contributed by atoms with van der Waals surface area (Å²) in [4.78, 5) is 4.05. The van der Waals surface area contributed by atoms with Gasteiger partial charge in [0.25, 0.3) is 0 Å². The molecule has 0 bridgehead atoms. The van der Waals surface area contributed by atoms with E-state index in [4.69, 9.17) is 16.9 Å². The summed E-state index contributed by atoms with van der Waals surface area (Å²) in [5.74, 6) is 0. The molecule has 0 fully saturated rings. The minimum Gasteiger partial charge on any atom is -0.244 e. The van der Waals surface area contributed by atoms with Gasteiger partial charge in [0.1, 0.15) is 5.15 Å². The van der Waals surface area contributed by atoms with Gasteiger partial charge in [-0.25, -0.2) is 4.98 Å². The van der Waals surface area contributed by atoms with Crippen LogP contribution in [0.25, 0.3) is 11.1 Å². The predicted octanol–water partition coefficient (Wildman–Crippen LogP) is 3.47. The van der Waals surface area contributed by atoms with Crippen molar-refractivity contribution in [3.63, 3.8) is 0 Å². The maximum atomic E-state index is 8.77. The van der Waals surface area contributed by atoms with Gasteiger partial charge in [-0.05, 0) is 17.2 Å². The number of pyridine rings is 1. The number of hydrogen-bond acceptors (Lipinski definition) is 2. The molecular weight excluding hydrogens is 220 g/mol. The van der Waals surface area contributed by atoms with Crippen LogP contribution in [0.15, 0.2) is 42.6 Å². The van der Waals surface area contributed by atoms with E-state index >= 15 is 0 Å². The molecule has 1 aromatic heterocycles. The molecule has 0 atom stereocenters. The Balaban J connectivity index is 2.53. The largest absolute Gasteiger partial charge is 0.244 e. The van der Waals surface area contributed by atoms with Gasteiger partial charge >= 0.3 is 0 Å². The molecule has 78 valence electrons. The van der Waals surface area contributed by atoms with E-state index in [9.17, 15) is 0 Å². The third-order valence-corrected chi connectivity index (χ3v) is 2.52. The molecule has 0 spiro atoms. The topological polar surface area (TPSA) is 36.7 Å². The maximum absolute atomic E-state index is 8.77. The highest BCUT2D eigenvalue weighted by atomic mass is 35.5. The molecule has 0 aliphatic heterocycles. The number of aromatic nitrogens is 1. The van der Waals surface area contributed by atoms with Crippen molar-refractivity contribution in [2.45, 2.75) is 6.42 Å². The van der Waals surface area contributed by atoms with Crippen LogP contribution in [-0.4, -0.2) is 4.98 Å². The van der Waals surface area contributed by atoms with Crippen molar-refractivity contribution in [3.8, 4) is 17.2 Å². The fraction of sp³-hybridized carbons (Fsp3) is 0.0769. The van der Waals surface area contributed by atoms with Crippen LogP contribution >= 0.6 is 11.6 Å². The van der Waals surface area contributed by atoms with Gasteiger partial charge in [-0.3, -0.25) is 0 Å². The highest BCUT2D eigenvalue weighted by Crippen LogP contribution is 2.24. The fourth-order valence-corrected chi connectivity index (χ4v) is 1.76. The molecular formula is C13H9ClN2. The fourth-order valence-electron chi connectivity index (χ4n) is 1.58. The van der Waals surface area contributed by atoms with Gasteiger partial charge in [0.05, 0.1) is 12.5 Å². The SMILES string of the molecule is N#CCc1cc(Cl)ncc1-c1ccccc1. The summed E-state index contributed by atoms with van der Waals surface area (Å²) >= 11 is 5.82. The molecule has 16 heavy (non-hydrogen) atoms. The van der Waals surface area contributed by atoms with Crippen molar-refractivity contribution < 1.29 is 0 Å². The smallest absolute Gasteiger partial charge is 0.129 e. The highest BCUT2D eigenvalue weighted by Gasteiger charge is 2.06. The maximum Gasteiger partial charge on any atom is 0.129 e. The third kappa shape index (κ3) is 2.21. The molecule has 0 amide bonds. The first-order valence-corrected chi connectivity index (χ1v) is 5.26. The average Bonchev–Trinajstić information content (AvgIpc) is 2.31. The number of benzene rings is 1. The van der Waals surface area contributed by atoms with Crippen molar-refractivity contribution in [1.29, 1.82) is 5.26 Å². The molecule has 2 aromatic rings. The van der Waals surface area contributed by atoms with Crippen LogP contribution in [0, 0.1) is 11.3 Å². The molecule has 0 radical (unpaired) electrons. The van der Waals surface area contributed by atoms with Gasteiger partial charge in [-0.2, -0.15) is 5.26 Å². The number of nitrogens with zero attached hydrogens (tertiary/aromatic N) is 2. The van der Waals surface area contributed by atoms with Gasteiger partial charge in [0.15, 0.2) is 0 Å². The second kappa shape index (κ2) is 4.78. The molecule has 3 heteroatoms. The lowest BCUT2D eigenvalue weighted by Crippen LogP contribution is -1.90. The Morgan fingerprint density at radius 1 is 1.25 bits per heavy atom. The lowest BCUT2D eigenvalue weighted by Gasteiger charge is -2.06. The average molecular weight is 229 g/mol. The number of rotatable bonds is 2. The van der Waals surface area contributed by atoms with Gasteiger partial charge in [0, 0.05) is 11.8 Å². The van der Waals surface area contributed by atoms with E-state index < -0.39 is 0 Å². The zero-order chi connectivity index (χ0) is 11.4. The summed E-state index contributed by atoms with van der Waals surface area (Å²) < 4.78 is 0. The molecule has 0 N–H and O–H groups in total. The summed E-state index contributed by atoms with van der Waals surface area (Å²) in [7, 11) is 0. The lowest BCUT2D eigenvalue weighted by atomic mass is 10.0. The molecule has 0 saturated heterocycles. The minimum absolute atomic E-state index is 0.340. The van der Waals surface area contributed by atoms with Crippen molar-refractivity contribution >= 4 is 11.6 Å². The van der Waals surface area contributed by atoms with Crippen LogP contribution in [0.4, 0.5) is 0 Å². The first-order chi connectivity index (χ1) is 7.81. The van der Waals surface area contributed by atoms with E-state index in [0.717, 1.165) is 16.7 Å². The molecule has 1 heterocycles. The Morgan fingerprint density at radius 3 is 2.69 bits per heavy atom. The molecule has 1 aromatic carbocycles. The van der Waals surface area contributed by atoms with Crippen LogP contribution in [0.1, 0.15) is 5.56 Å². The lowest BCUT2D eigenvalue weighted by molar-refractivity contribution is 1.21. The predicted molar refractivity (Wildman–Crippen MR) is 64.0 cm³/mol. The van der Waals surface area contributed by atoms with E-state index in [1.807, 2.05) is 30.3 Å². The zero-order valence-electron chi connectivity index (χ0n) is 8.52. The van der Waals surface area contributed by atoms with E-state index in [1.54, 1.807) is 12.3 Å². The molecule has 0 aliphatic rings. The first kappa shape index (κ1) is 10.7. The Labute approximate surface area is 99.1 Å². The van der Waals surface area contributed by atoms with Crippen LogP contribution < -0.4 is 0 Å². The second-order valence-corrected chi connectivity index (χ2v) is 3.75. The summed E-state index contributed by atoms with van der Waals surface area (Å²) in [6.07, 6.45) is 2.05. The van der Waals surface area contributed by atoms with E-state index in [0.29, 0.717) is 11.6 Å². The van der Waals surface area contributed by atoms with E-state index in [1.165, 1.54) is 0 Å². The second-order valence-electron chi connectivity index (χ2n) is 3.37. The Hall–Kier alpha value is -1.85. The molecule has 2 nitrogen and oxygen atoms in total. The van der Waals surface area contributed by atoms with Crippen molar-refractivity contribution in [2.75, 3.05) is 0 Å². The van der Waals surface area contributed by atoms with Crippen molar-refractivity contribution in [1.82, 2.24) is 4.98 Å². The van der Waals surface area contributed by atoms with Gasteiger partial charge in [-0.15, -0.1) is 0 Å². The summed E-state index contributed by atoms with van der Waals surface area (Å²) in [5, 5.41) is 9.19. The van der Waals surface area contributed by atoms with Gasteiger partial charge in [-0.1, -0.05) is 41.9 Å². The van der Waals surface area contributed by atoms with Gasteiger partial charge in [0.2, 0.25) is 0 Å². The van der Waals surface area contributed by atoms with E-state index in [-0.39, 0.29) is 0 Å². The molecule has 2 rings (SSSR count). The van der Waals surface area contributed by atoms with Crippen molar-refractivity contribution in [2.24, 2.45) is 0 Å². The summed E-state index contributed by atoms with van der Waals surface area (Å²) in [6, 6.07) is 13.7. The molecule has 0 aliphatic carbocycles. The standard InChI is InChI=1S/C13H9ClN2/c14-13-8-11(6-7-15)12(9-16-13)10-4-2-1-3-5-10/h1-5,8-9H,6H2. The Morgan fingerprint density at radius 2 is 2.00 bits per heavy atom. The number of halogens is 1. The summed E-state index contributed by atoms with van der Waals surface area (Å²) in [6.45, 7) is 0. The van der Waals surface area contributed by atoms with Crippen LogP contribution in [0.2, 0.25) is 5.15 Å². The third-order valence-electron chi connectivity index (χ3n) is 2.31. The van der Waals surface area contributed by atoms with Gasteiger partial charge < -0.3 is 0 Å². The highest BCUT2D eigenvalue weighted by molar-refractivity contribution is 6.29. The Bertz CT molecular complexity index is 529. The van der Waals surface area contributed by atoms with Crippen LogP contribution in [-0.2, 0) is 6.42 Å². The monoisotopic (exact) mass is 228 g/mol. The quantitative estimate of drug-likeness (QED) is 0.738. The van der Waals surface area contributed by atoms with Crippen molar-refractivity contribution in [3.05, 3.63) is 53.3 Å². The molecule has 0 saturated carbocycles. The molecule has 0 unspecified atom stereocenters. The first-order valence-electron chi connectivity index (χ1n) is 4.88. The zero-order valence-corrected chi connectivity index (χ0v) is 9.28. The number of hydrogen-bond donors (Lipinski definition) is 0. The van der Waals surface area contributed by atoms with Crippen LogP contribution in [0.5, 0.6) is 0 Å². The normalized spacial score (nSPS) is 9.75. The van der Waals surface area contributed by atoms with Crippen LogP contribution in [0.3, 0.4) is 0 Å². The number of nitriles is 1. The minimum atomic E-state index is 0.340. The summed E-state index contributed by atoms with van der Waals surface area (Å²) in [5.41, 5.74) is 2.93.